The summed E-state index contributed by atoms with van der Waals surface area (Å²) in [4.78, 5) is 0. The third-order valence-corrected chi connectivity index (χ3v) is 4.98. The van der Waals surface area contributed by atoms with Crippen molar-refractivity contribution >= 4 is 0 Å². The van der Waals surface area contributed by atoms with Gasteiger partial charge in [0.15, 0.2) is 11.5 Å². The van der Waals surface area contributed by atoms with E-state index in [9.17, 15) is 5.11 Å². The van der Waals surface area contributed by atoms with Crippen molar-refractivity contribution < 1.29 is 14.6 Å². The molecule has 1 atom stereocenters. The minimum atomic E-state index is -0.560. The molecular formula is C17H27NO3. The summed E-state index contributed by atoms with van der Waals surface area (Å²) in [6, 6.07) is 5.60. The van der Waals surface area contributed by atoms with E-state index >= 15 is 0 Å². The Bertz CT molecular complexity index is 467. The molecule has 2 rings (SSSR count). The van der Waals surface area contributed by atoms with Gasteiger partial charge >= 0.3 is 0 Å². The topological polar surface area (TPSA) is 64.7 Å². The van der Waals surface area contributed by atoms with Crippen LogP contribution in [0.25, 0.3) is 0 Å². The van der Waals surface area contributed by atoms with Gasteiger partial charge in [-0.1, -0.05) is 25.8 Å². The van der Waals surface area contributed by atoms with Crippen LogP contribution in [0.15, 0.2) is 18.2 Å². The average molecular weight is 293 g/mol. The summed E-state index contributed by atoms with van der Waals surface area (Å²) in [5.41, 5.74) is 6.67. The lowest BCUT2D eigenvalue weighted by molar-refractivity contribution is -0.00831. The third-order valence-electron chi connectivity index (χ3n) is 4.98. The van der Waals surface area contributed by atoms with Crippen LogP contribution in [0.3, 0.4) is 0 Å². The summed E-state index contributed by atoms with van der Waals surface area (Å²) in [7, 11) is 3.22. The van der Waals surface area contributed by atoms with Gasteiger partial charge in [0.1, 0.15) is 0 Å². The van der Waals surface area contributed by atoms with Crippen LogP contribution in [-0.4, -0.2) is 25.9 Å². The lowest BCUT2D eigenvalue weighted by Crippen LogP contribution is -2.39. The molecule has 21 heavy (non-hydrogen) atoms. The van der Waals surface area contributed by atoms with E-state index < -0.39 is 6.10 Å². The summed E-state index contributed by atoms with van der Waals surface area (Å²) >= 11 is 0. The van der Waals surface area contributed by atoms with Crippen LogP contribution in [0.2, 0.25) is 0 Å². The number of hydrogen-bond acceptors (Lipinski definition) is 4. The molecule has 0 aliphatic heterocycles. The molecule has 0 aromatic heterocycles. The fourth-order valence-corrected chi connectivity index (χ4v) is 3.30. The summed E-state index contributed by atoms with van der Waals surface area (Å²) in [6.45, 7) is 2.78. The maximum absolute atomic E-state index is 10.9. The molecule has 0 saturated heterocycles. The first-order chi connectivity index (χ1) is 10.1. The molecular weight excluding hydrogens is 266 g/mol. The van der Waals surface area contributed by atoms with Crippen LogP contribution in [0.4, 0.5) is 0 Å². The van der Waals surface area contributed by atoms with Crippen molar-refractivity contribution in [1.29, 1.82) is 0 Å². The predicted octanol–water partition coefficient (Wildman–Crippen LogP) is 2.89. The van der Waals surface area contributed by atoms with Gasteiger partial charge in [-0.25, -0.2) is 0 Å². The lowest BCUT2D eigenvalue weighted by Gasteiger charge is -2.42. The largest absolute Gasteiger partial charge is 0.493 e. The Hall–Kier alpha value is -1.26. The average Bonchev–Trinajstić information content (AvgIpc) is 2.54. The van der Waals surface area contributed by atoms with Gasteiger partial charge in [-0.05, 0) is 36.5 Å². The molecule has 1 aliphatic carbocycles. The molecule has 0 radical (unpaired) electrons. The number of methoxy groups -OCH3 is 2. The molecule has 1 aliphatic rings. The van der Waals surface area contributed by atoms with E-state index in [1.807, 2.05) is 18.2 Å². The fraction of sp³-hybridized carbons (Fsp3) is 0.647. The Morgan fingerprint density at radius 2 is 1.86 bits per heavy atom. The summed E-state index contributed by atoms with van der Waals surface area (Å²) in [5.74, 6) is 2.04. The number of benzene rings is 1. The summed E-state index contributed by atoms with van der Waals surface area (Å²) in [6.07, 6.45) is 3.64. The molecule has 0 bridgehead atoms. The van der Waals surface area contributed by atoms with Crippen LogP contribution in [0, 0.1) is 11.3 Å². The van der Waals surface area contributed by atoms with Gasteiger partial charge in [-0.15, -0.1) is 0 Å². The Morgan fingerprint density at radius 3 is 2.38 bits per heavy atom. The minimum absolute atomic E-state index is 0.216. The van der Waals surface area contributed by atoms with E-state index in [0.29, 0.717) is 18.0 Å². The van der Waals surface area contributed by atoms with Crippen molar-refractivity contribution in [3.8, 4) is 11.5 Å². The second-order valence-corrected chi connectivity index (χ2v) is 6.27. The molecule has 1 saturated carbocycles. The van der Waals surface area contributed by atoms with Crippen molar-refractivity contribution in [3.05, 3.63) is 23.8 Å². The molecule has 1 aromatic rings. The zero-order valence-electron chi connectivity index (χ0n) is 13.3. The van der Waals surface area contributed by atoms with Crippen LogP contribution >= 0.6 is 0 Å². The standard InChI is InChI=1S/C17H27NO3/c1-12-6-8-17(11-18,9-7-12)16(19)13-4-5-14(20-2)15(10-13)21-3/h4-5,10,12,16,19H,6-9,11,18H2,1-3H3. The number of rotatable bonds is 5. The smallest absolute Gasteiger partial charge is 0.161 e. The molecule has 1 aromatic carbocycles. The Labute approximate surface area is 127 Å². The molecule has 0 heterocycles. The Kier molecular flexibility index (Phi) is 5.12. The van der Waals surface area contributed by atoms with Crippen LogP contribution in [0.5, 0.6) is 11.5 Å². The normalized spacial score (nSPS) is 27.2. The molecule has 1 unspecified atom stereocenters. The third kappa shape index (κ3) is 3.16. The number of nitrogens with two attached hydrogens (primary N) is 1. The number of aliphatic hydroxyl groups excluding tert-OH is 1. The summed E-state index contributed by atoms with van der Waals surface area (Å²) in [5, 5.41) is 10.9. The van der Waals surface area contributed by atoms with Gasteiger partial charge < -0.3 is 20.3 Å². The summed E-state index contributed by atoms with van der Waals surface area (Å²) < 4.78 is 10.6. The molecule has 1 fully saturated rings. The Balaban J connectivity index is 2.27. The quantitative estimate of drug-likeness (QED) is 0.876. The van der Waals surface area contributed by atoms with E-state index in [0.717, 1.165) is 37.2 Å². The van der Waals surface area contributed by atoms with E-state index in [4.69, 9.17) is 15.2 Å². The minimum Gasteiger partial charge on any atom is -0.493 e. The van der Waals surface area contributed by atoms with Gasteiger partial charge in [0.25, 0.3) is 0 Å². The molecule has 4 nitrogen and oxygen atoms in total. The first kappa shape index (κ1) is 16.1. The van der Waals surface area contributed by atoms with Crippen molar-refractivity contribution in [2.24, 2.45) is 17.1 Å². The highest BCUT2D eigenvalue weighted by molar-refractivity contribution is 5.43. The van der Waals surface area contributed by atoms with Crippen molar-refractivity contribution in [1.82, 2.24) is 0 Å². The van der Waals surface area contributed by atoms with Crippen molar-refractivity contribution in [3.63, 3.8) is 0 Å². The maximum atomic E-state index is 10.9. The zero-order valence-corrected chi connectivity index (χ0v) is 13.3. The first-order valence-corrected chi connectivity index (χ1v) is 7.66. The molecule has 4 heteroatoms. The van der Waals surface area contributed by atoms with E-state index in [1.54, 1.807) is 14.2 Å². The van der Waals surface area contributed by atoms with Gasteiger partial charge in [0, 0.05) is 12.0 Å². The molecule has 3 N–H and O–H groups in total. The van der Waals surface area contributed by atoms with E-state index in [-0.39, 0.29) is 5.41 Å². The molecule has 0 spiro atoms. The number of aliphatic hydroxyl groups is 1. The van der Waals surface area contributed by atoms with Crippen LogP contribution < -0.4 is 15.2 Å². The number of ether oxygens (including phenoxy) is 2. The monoisotopic (exact) mass is 293 g/mol. The van der Waals surface area contributed by atoms with Gasteiger partial charge in [0.05, 0.1) is 20.3 Å². The van der Waals surface area contributed by atoms with Crippen molar-refractivity contribution in [2.45, 2.75) is 38.7 Å². The van der Waals surface area contributed by atoms with Gasteiger partial charge in [-0.2, -0.15) is 0 Å². The van der Waals surface area contributed by atoms with Gasteiger partial charge in [0.2, 0.25) is 0 Å². The SMILES string of the molecule is COc1ccc(C(O)C2(CN)CCC(C)CC2)cc1OC. The highest BCUT2D eigenvalue weighted by atomic mass is 16.5. The van der Waals surface area contributed by atoms with E-state index in [1.165, 1.54) is 0 Å². The van der Waals surface area contributed by atoms with Gasteiger partial charge in [-0.3, -0.25) is 0 Å². The highest BCUT2D eigenvalue weighted by Gasteiger charge is 2.40. The second-order valence-electron chi connectivity index (χ2n) is 6.27. The van der Waals surface area contributed by atoms with Crippen LogP contribution in [-0.2, 0) is 0 Å². The molecule has 118 valence electrons. The fourth-order valence-electron chi connectivity index (χ4n) is 3.30. The number of hydrogen-bond donors (Lipinski definition) is 2. The highest BCUT2D eigenvalue weighted by Crippen LogP contribution is 2.47. The Morgan fingerprint density at radius 1 is 1.24 bits per heavy atom. The second kappa shape index (κ2) is 6.67. The van der Waals surface area contributed by atoms with Crippen molar-refractivity contribution in [2.75, 3.05) is 20.8 Å². The van der Waals surface area contributed by atoms with E-state index in [2.05, 4.69) is 6.92 Å². The molecule has 0 amide bonds. The lowest BCUT2D eigenvalue weighted by atomic mass is 9.66. The predicted molar refractivity (Wildman–Crippen MR) is 83.6 cm³/mol. The maximum Gasteiger partial charge on any atom is 0.161 e. The van der Waals surface area contributed by atoms with Crippen LogP contribution in [0.1, 0.15) is 44.3 Å². The zero-order chi connectivity index (χ0) is 15.5. The first-order valence-electron chi connectivity index (χ1n) is 7.66.